The Bertz CT molecular complexity index is 2320. The van der Waals surface area contributed by atoms with Crippen molar-refractivity contribution >= 4 is 103 Å². The van der Waals surface area contributed by atoms with Crippen molar-refractivity contribution in [2.45, 2.75) is 66.0 Å². The second kappa shape index (κ2) is 31.5. The topological polar surface area (TPSA) is 183 Å². The maximum absolute atomic E-state index is 13.2. The van der Waals surface area contributed by atoms with Crippen molar-refractivity contribution in [2.75, 3.05) is 44.1 Å². The molecule has 0 aromatic heterocycles. The maximum atomic E-state index is 13.2. The van der Waals surface area contributed by atoms with Crippen LogP contribution >= 0.6 is 67.8 Å². The van der Waals surface area contributed by atoms with Gasteiger partial charge in [0.2, 0.25) is 11.8 Å². The van der Waals surface area contributed by atoms with Gasteiger partial charge in [-0.05, 0) is 93.4 Å². The second-order valence-electron chi connectivity index (χ2n) is 17.4. The van der Waals surface area contributed by atoms with E-state index in [1.807, 2.05) is 38.1 Å². The van der Waals surface area contributed by atoms with E-state index >= 15 is 0 Å². The predicted octanol–water partition coefficient (Wildman–Crippen LogP) is 2.79. The van der Waals surface area contributed by atoms with Gasteiger partial charge in [-0.25, -0.2) is 19.2 Å². The van der Waals surface area contributed by atoms with Gasteiger partial charge in [-0.3, -0.25) is 19.4 Å². The fourth-order valence-electron chi connectivity index (χ4n) is 9.16. The summed E-state index contributed by atoms with van der Waals surface area (Å²) in [5.74, 6) is -5.13. The summed E-state index contributed by atoms with van der Waals surface area (Å²) >= 11 is 6.81. The number of hydrogen-bond acceptors (Lipinski definition) is 14. The molecule has 0 bridgehead atoms. The van der Waals surface area contributed by atoms with Crippen LogP contribution in [-0.4, -0.2) is 102 Å². The molecule has 4 heterocycles. The number of benzene rings is 2. The van der Waals surface area contributed by atoms with Crippen LogP contribution in [0.5, 0.6) is 11.5 Å². The fourth-order valence-corrected chi connectivity index (χ4v) is 11.3. The van der Waals surface area contributed by atoms with E-state index in [0.29, 0.717) is 22.6 Å². The van der Waals surface area contributed by atoms with Crippen LogP contribution in [0.1, 0.15) is 52.2 Å². The van der Waals surface area contributed by atoms with E-state index in [-0.39, 0.29) is 128 Å². The third kappa shape index (κ3) is 15.2. The van der Waals surface area contributed by atoms with Gasteiger partial charge in [0.15, 0.2) is 0 Å². The summed E-state index contributed by atoms with van der Waals surface area (Å²) < 4.78 is 25.8. The van der Waals surface area contributed by atoms with E-state index in [9.17, 15) is 28.8 Å². The third-order valence-corrected chi connectivity index (χ3v) is 15.0. The Hall–Kier alpha value is -2.86. The van der Waals surface area contributed by atoms with Gasteiger partial charge in [-0.1, -0.05) is 113 Å². The zero-order valence-corrected chi connectivity index (χ0v) is 53.0. The molecule has 16 nitrogen and oxygen atoms in total. The minimum absolute atomic E-state index is 0. The summed E-state index contributed by atoms with van der Waals surface area (Å²) in [5, 5.41) is 0. The van der Waals surface area contributed by atoms with Crippen LogP contribution in [0.2, 0.25) is 0 Å². The number of alkyl halides is 1. The van der Waals surface area contributed by atoms with E-state index < -0.39 is 59.6 Å². The molecule has 4 aliphatic heterocycles. The Kier molecular flexibility index (Phi) is 27.9. The van der Waals surface area contributed by atoms with Gasteiger partial charge in [0.05, 0.1) is 42.9 Å². The SMILES string of the molecule is C=CCOOC(=O)C(C)C1C(=O)N2C(C(=O)OCC=C)=C(COc3ccc(CCC)cc3I)[C@H](C)C12.C=CCOOC(=O)C(C)C1C(=O)N2C(C(=O)OCC=C)=C(COc3ccc(CCI)cc3I)[C@H](C)C12.[I-].[Na+]. The molecule has 0 aliphatic carbocycles. The van der Waals surface area contributed by atoms with E-state index in [0.717, 1.165) is 30.8 Å². The molecule has 0 saturated carbocycles. The van der Waals surface area contributed by atoms with Gasteiger partial charge in [0.1, 0.15) is 62.5 Å². The third-order valence-electron chi connectivity index (χ3n) is 12.8. The predicted molar refractivity (Wildman–Crippen MR) is 292 cm³/mol. The quantitative estimate of drug-likeness (QED) is 0.0154. The molecule has 0 radical (unpaired) electrons. The number of ether oxygens (including phenoxy) is 4. The Labute approximate surface area is 513 Å². The van der Waals surface area contributed by atoms with Crippen molar-refractivity contribution in [1.82, 2.24) is 9.80 Å². The minimum Gasteiger partial charge on any atom is -1.00 e. The number of carbonyl (C=O) groups excluding carboxylic acids is 6. The molecular weight excluding hydrogens is 1420 g/mol. The Morgan fingerprint density at radius 3 is 1.36 bits per heavy atom. The number of β-lactam (4-membered cyclic amide) rings is 2. The largest absolute Gasteiger partial charge is 1.00 e. The first kappa shape index (κ1) is 65.4. The monoisotopic (exact) mass is 1480 g/mol. The molecule has 0 spiro atoms. The Morgan fingerprint density at radius 1 is 0.649 bits per heavy atom. The molecule has 6 rings (SSSR count). The van der Waals surface area contributed by atoms with Gasteiger partial charge in [0, 0.05) is 27.4 Å². The van der Waals surface area contributed by atoms with Gasteiger partial charge in [0.25, 0.3) is 0 Å². The van der Waals surface area contributed by atoms with Crippen LogP contribution in [0.15, 0.2) is 110 Å². The molecule has 396 valence electrons. The average molecular weight is 1480 g/mol. The number of esters is 2. The standard InChI is InChI=1S/C27H32INO7.C26H29I2NO7.HI.Na/c1-6-9-18-10-11-21(20(28)14-18)34-15-19-16(4)23-22(17(5)26(31)36-35-13-8-3)25(30)29(23)24(19)27(32)33-12-7-2;1-5-11-33-26(32)23-18(14-34-20-8-7-17(9-10-27)13-19(20)28)15(3)22-21(24(30)29(22)23)16(4)25(31)36-35-12-6-2;;/h7-8,10-11,14,16-17,22-23H,2-3,6,9,12-13,15H2,1,4-5H3;5-8,13,15-16,21-22H,1-2,9-12,14H2,3-4H3;1H;/q;;;+1/p-1/t16-,17?,22?,23?;15-,16?,21?,22?;;/m00../s1. The van der Waals surface area contributed by atoms with Gasteiger partial charge in [-0.15, -0.1) is 13.2 Å². The molecule has 2 aromatic carbocycles. The summed E-state index contributed by atoms with van der Waals surface area (Å²) in [6.45, 7) is 23.7. The van der Waals surface area contributed by atoms with Gasteiger partial charge >= 0.3 is 53.4 Å². The summed E-state index contributed by atoms with van der Waals surface area (Å²) in [4.78, 5) is 99.3. The Balaban J connectivity index is 0.000000380. The van der Waals surface area contributed by atoms with E-state index in [1.165, 1.54) is 45.2 Å². The molecule has 2 saturated heterocycles. The molecule has 4 aliphatic rings. The number of fused-ring (bicyclic) bond motifs is 2. The van der Waals surface area contributed by atoms with E-state index in [4.69, 9.17) is 38.5 Å². The number of nitrogens with zero attached hydrogens (tertiary/aromatic N) is 2. The fraction of sp³-hybridized carbons (Fsp3) is 0.434. The molecule has 6 unspecified atom stereocenters. The van der Waals surface area contributed by atoms with Crippen LogP contribution in [0, 0.1) is 42.6 Å². The smallest absolute Gasteiger partial charge is 1.00 e. The first-order valence-corrected chi connectivity index (χ1v) is 27.2. The summed E-state index contributed by atoms with van der Waals surface area (Å²) in [7, 11) is 0. The van der Waals surface area contributed by atoms with Crippen molar-refractivity contribution in [1.29, 1.82) is 0 Å². The van der Waals surface area contributed by atoms with Crippen molar-refractivity contribution in [3.05, 3.63) is 128 Å². The zero-order valence-electron chi connectivity index (χ0n) is 42.4. The molecule has 21 heteroatoms. The summed E-state index contributed by atoms with van der Waals surface area (Å²) in [6, 6.07) is 11.3. The van der Waals surface area contributed by atoms with Crippen molar-refractivity contribution in [2.24, 2.45) is 35.5 Å². The molecule has 2 fully saturated rings. The number of hydrogen-bond donors (Lipinski definition) is 0. The van der Waals surface area contributed by atoms with Crippen LogP contribution < -0.4 is 63.0 Å². The van der Waals surface area contributed by atoms with Gasteiger partial charge in [-0.2, -0.15) is 9.78 Å². The second-order valence-corrected chi connectivity index (χ2v) is 20.8. The van der Waals surface area contributed by atoms with Crippen LogP contribution in [0.3, 0.4) is 0 Å². The maximum Gasteiger partial charge on any atom is 1.00 e. The van der Waals surface area contributed by atoms with E-state index in [1.54, 1.807) is 13.8 Å². The number of amides is 2. The number of rotatable bonds is 26. The van der Waals surface area contributed by atoms with Crippen LogP contribution in [0.4, 0.5) is 0 Å². The number of aryl methyl sites for hydroxylation is 2. The summed E-state index contributed by atoms with van der Waals surface area (Å²) in [5.41, 5.74) is 4.11. The van der Waals surface area contributed by atoms with E-state index in [2.05, 4.69) is 113 Å². The van der Waals surface area contributed by atoms with Crippen LogP contribution in [-0.2, 0) is 70.6 Å². The van der Waals surface area contributed by atoms with Crippen LogP contribution in [0.25, 0.3) is 0 Å². The van der Waals surface area contributed by atoms with Gasteiger partial charge < -0.3 is 52.7 Å². The molecular formula is C53H61I4N2NaO14. The molecule has 8 atom stereocenters. The number of carbonyl (C=O) groups is 6. The zero-order chi connectivity index (χ0) is 52.8. The first-order chi connectivity index (χ1) is 34.5. The normalized spacial score (nSPS) is 20.8. The minimum atomic E-state index is -0.761. The molecule has 74 heavy (non-hydrogen) atoms. The first-order valence-electron chi connectivity index (χ1n) is 23.5. The number of halogens is 4. The molecule has 2 aromatic rings. The van der Waals surface area contributed by atoms with Crippen molar-refractivity contribution in [3.8, 4) is 11.5 Å². The van der Waals surface area contributed by atoms with Crippen molar-refractivity contribution < 1.29 is 121 Å². The summed E-state index contributed by atoms with van der Waals surface area (Å²) in [6.07, 6.45) is 8.83. The van der Waals surface area contributed by atoms with Crippen molar-refractivity contribution in [3.63, 3.8) is 0 Å². The average Bonchev–Trinajstić information content (AvgIpc) is 3.76. The molecule has 2 amide bonds. The Morgan fingerprint density at radius 2 is 1.03 bits per heavy atom. The molecule has 0 N–H and O–H groups in total.